The number of hydrogen-bond acceptors (Lipinski definition) is 4. The molecule has 0 bridgehead atoms. The Kier molecular flexibility index (Phi) is 5.35. The van der Waals surface area contributed by atoms with Gasteiger partial charge in [-0.3, -0.25) is 4.98 Å². The molecule has 0 aliphatic heterocycles. The van der Waals surface area contributed by atoms with Gasteiger partial charge in [-0.15, -0.1) is 0 Å². The van der Waals surface area contributed by atoms with Gasteiger partial charge in [-0.2, -0.15) is 0 Å². The van der Waals surface area contributed by atoms with E-state index in [4.69, 9.17) is 15.5 Å². The summed E-state index contributed by atoms with van der Waals surface area (Å²) in [6.07, 6.45) is 3.60. The molecule has 1 unspecified atom stereocenters. The van der Waals surface area contributed by atoms with E-state index in [-0.39, 0.29) is 11.5 Å². The molecular weight excluding hydrogens is 340 g/mol. The van der Waals surface area contributed by atoms with E-state index in [1.54, 1.807) is 0 Å². The molecule has 3 aromatic rings. The summed E-state index contributed by atoms with van der Waals surface area (Å²) in [6, 6.07) is 8.40. The predicted octanol–water partition coefficient (Wildman–Crippen LogP) is 4.61. The number of para-hydroxylation sites is 1. The molecule has 144 valence electrons. The first-order valence-corrected chi connectivity index (χ1v) is 9.49. The lowest BCUT2D eigenvalue weighted by Gasteiger charge is -2.34. The number of benzene rings is 1. The molecule has 0 aliphatic carbocycles. The predicted molar refractivity (Wildman–Crippen MR) is 108 cm³/mol. The van der Waals surface area contributed by atoms with Gasteiger partial charge in [0.1, 0.15) is 11.3 Å². The van der Waals surface area contributed by atoms with Gasteiger partial charge in [0.15, 0.2) is 0 Å². The van der Waals surface area contributed by atoms with Crippen molar-refractivity contribution >= 4 is 28.0 Å². The number of pyridine rings is 1. The number of rotatable bonds is 6. The molecule has 0 spiro atoms. The number of carbonyl (C=O) groups is 1. The lowest BCUT2D eigenvalue weighted by molar-refractivity contribution is 0.146. The zero-order chi connectivity index (χ0) is 19.6. The SMILES string of the molecule is CCc1nc2cnc3ccccc3c2n1C(CCCOC(N)=O)C(C)(C)C. The Hall–Kier alpha value is -2.63. The first-order chi connectivity index (χ1) is 12.8. The average molecular weight is 368 g/mol. The number of fused-ring (bicyclic) bond motifs is 3. The summed E-state index contributed by atoms with van der Waals surface area (Å²) in [5.74, 6) is 1.05. The van der Waals surface area contributed by atoms with E-state index < -0.39 is 6.09 Å². The van der Waals surface area contributed by atoms with Crippen molar-refractivity contribution < 1.29 is 9.53 Å². The molecule has 3 rings (SSSR count). The molecular formula is C21H28N4O2. The number of primary amides is 1. The van der Waals surface area contributed by atoms with Gasteiger partial charge >= 0.3 is 6.09 Å². The van der Waals surface area contributed by atoms with E-state index in [1.165, 1.54) is 0 Å². The smallest absolute Gasteiger partial charge is 0.404 e. The van der Waals surface area contributed by atoms with Gasteiger partial charge in [0.2, 0.25) is 0 Å². The Morgan fingerprint density at radius 2 is 2.00 bits per heavy atom. The summed E-state index contributed by atoms with van der Waals surface area (Å²) < 4.78 is 7.32. The first-order valence-electron chi connectivity index (χ1n) is 9.49. The van der Waals surface area contributed by atoms with E-state index in [0.29, 0.717) is 6.61 Å². The molecule has 6 nitrogen and oxygen atoms in total. The fourth-order valence-corrected chi connectivity index (χ4v) is 3.76. The van der Waals surface area contributed by atoms with Gasteiger partial charge in [-0.05, 0) is 24.3 Å². The molecule has 1 amide bonds. The van der Waals surface area contributed by atoms with Crippen molar-refractivity contribution in [3.05, 3.63) is 36.3 Å². The number of ether oxygens (including phenoxy) is 1. The fraction of sp³-hybridized carbons (Fsp3) is 0.476. The van der Waals surface area contributed by atoms with Gasteiger partial charge in [0, 0.05) is 17.8 Å². The molecule has 0 saturated carbocycles. The summed E-state index contributed by atoms with van der Waals surface area (Å²) in [4.78, 5) is 20.3. The monoisotopic (exact) mass is 368 g/mol. The number of aryl methyl sites for hydroxylation is 1. The van der Waals surface area contributed by atoms with Gasteiger partial charge in [0.25, 0.3) is 0 Å². The Balaban J connectivity index is 2.12. The quantitative estimate of drug-likeness (QED) is 0.644. The summed E-state index contributed by atoms with van der Waals surface area (Å²) in [6.45, 7) is 9.17. The molecule has 2 N–H and O–H groups in total. The van der Waals surface area contributed by atoms with Crippen LogP contribution in [0.15, 0.2) is 30.5 Å². The molecule has 6 heteroatoms. The van der Waals surface area contributed by atoms with Crippen LogP contribution in [0.3, 0.4) is 0 Å². The standard InChI is InChI=1S/C21H28N4O2/c1-5-18-24-16-13-23-15-10-7-6-9-14(15)19(16)25(18)17(21(2,3)4)11-8-12-27-20(22)26/h6-7,9-10,13,17H,5,8,11-12H2,1-4H3,(H2,22,26). The molecule has 0 fully saturated rings. The second-order valence-corrected chi connectivity index (χ2v) is 7.95. The maximum Gasteiger partial charge on any atom is 0.404 e. The number of nitrogens with zero attached hydrogens (tertiary/aromatic N) is 3. The Bertz CT molecular complexity index is 956. The minimum atomic E-state index is -0.721. The van der Waals surface area contributed by atoms with Crippen LogP contribution in [-0.2, 0) is 11.2 Å². The van der Waals surface area contributed by atoms with E-state index in [2.05, 4.69) is 43.3 Å². The van der Waals surface area contributed by atoms with Gasteiger partial charge < -0.3 is 15.0 Å². The van der Waals surface area contributed by atoms with Crippen LogP contribution in [0.2, 0.25) is 0 Å². The van der Waals surface area contributed by atoms with Crippen LogP contribution in [0.4, 0.5) is 4.79 Å². The maximum atomic E-state index is 10.9. The van der Waals surface area contributed by atoms with Gasteiger partial charge in [-0.1, -0.05) is 45.9 Å². The number of amides is 1. The van der Waals surface area contributed by atoms with Crippen molar-refractivity contribution in [3.8, 4) is 0 Å². The highest BCUT2D eigenvalue weighted by molar-refractivity contribution is 6.02. The van der Waals surface area contributed by atoms with E-state index in [1.807, 2.05) is 24.4 Å². The lowest BCUT2D eigenvalue weighted by Crippen LogP contribution is -2.26. The largest absolute Gasteiger partial charge is 0.450 e. The van der Waals surface area contributed by atoms with Crippen molar-refractivity contribution in [2.45, 2.75) is 53.0 Å². The third-order valence-electron chi connectivity index (χ3n) is 4.99. The van der Waals surface area contributed by atoms with Crippen molar-refractivity contribution in [1.29, 1.82) is 0 Å². The number of carbonyl (C=O) groups excluding carboxylic acids is 1. The Morgan fingerprint density at radius 1 is 1.26 bits per heavy atom. The van der Waals surface area contributed by atoms with E-state index in [9.17, 15) is 4.79 Å². The van der Waals surface area contributed by atoms with Gasteiger partial charge in [0.05, 0.1) is 23.8 Å². The first kappa shape index (κ1) is 19.1. The summed E-state index contributed by atoms with van der Waals surface area (Å²) in [5.41, 5.74) is 8.12. The molecule has 0 radical (unpaired) electrons. The highest BCUT2D eigenvalue weighted by atomic mass is 16.5. The number of imidazole rings is 1. The minimum absolute atomic E-state index is 0.00858. The summed E-state index contributed by atoms with van der Waals surface area (Å²) >= 11 is 0. The third kappa shape index (κ3) is 3.89. The van der Waals surface area contributed by atoms with Crippen LogP contribution in [-0.4, -0.2) is 27.2 Å². The van der Waals surface area contributed by atoms with E-state index in [0.717, 1.165) is 47.0 Å². The highest BCUT2D eigenvalue weighted by Gasteiger charge is 2.30. The van der Waals surface area contributed by atoms with Crippen LogP contribution < -0.4 is 5.73 Å². The second kappa shape index (κ2) is 7.55. The van der Waals surface area contributed by atoms with Crippen molar-refractivity contribution in [3.63, 3.8) is 0 Å². The second-order valence-electron chi connectivity index (χ2n) is 7.95. The van der Waals surface area contributed by atoms with E-state index >= 15 is 0 Å². The number of aromatic nitrogens is 3. The highest BCUT2D eigenvalue weighted by Crippen LogP contribution is 2.39. The molecule has 1 atom stereocenters. The van der Waals surface area contributed by atoms with Crippen molar-refractivity contribution in [1.82, 2.24) is 14.5 Å². The number of hydrogen-bond donors (Lipinski definition) is 1. The van der Waals surface area contributed by atoms with Crippen LogP contribution >= 0.6 is 0 Å². The Labute approximate surface area is 159 Å². The molecule has 0 aliphatic rings. The van der Waals surface area contributed by atoms with Crippen molar-refractivity contribution in [2.75, 3.05) is 6.61 Å². The molecule has 2 heterocycles. The third-order valence-corrected chi connectivity index (χ3v) is 4.99. The van der Waals surface area contributed by atoms with Crippen LogP contribution in [0, 0.1) is 5.41 Å². The zero-order valence-corrected chi connectivity index (χ0v) is 16.5. The maximum absolute atomic E-state index is 10.9. The van der Waals surface area contributed by atoms with Gasteiger partial charge in [-0.25, -0.2) is 9.78 Å². The van der Waals surface area contributed by atoms with Crippen LogP contribution in [0.25, 0.3) is 21.9 Å². The Morgan fingerprint density at radius 3 is 2.67 bits per heavy atom. The zero-order valence-electron chi connectivity index (χ0n) is 16.5. The van der Waals surface area contributed by atoms with Crippen molar-refractivity contribution in [2.24, 2.45) is 11.1 Å². The molecule has 27 heavy (non-hydrogen) atoms. The van der Waals surface area contributed by atoms with Crippen LogP contribution in [0.5, 0.6) is 0 Å². The summed E-state index contributed by atoms with van der Waals surface area (Å²) in [7, 11) is 0. The topological polar surface area (TPSA) is 83.0 Å². The molecule has 1 aromatic carbocycles. The minimum Gasteiger partial charge on any atom is -0.450 e. The lowest BCUT2D eigenvalue weighted by atomic mass is 9.83. The van der Waals surface area contributed by atoms with Crippen LogP contribution in [0.1, 0.15) is 52.4 Å². The normalized spacial score (nSPS) is 13.2. The molecule has 2 aromatic heterocycles. The summed E-state index contributed by atoms with van der Waals surface area (Å²) in [5, 5.41) is 1.12. The fourth-order valence-electron chi connectivity index (χ4n) is 3.76. The number of nitrogens with two attached hydrogens (primary N) is 1. The molecule has 0 saturated heterocycles. The average Bonchev–Trinajstić information content (AvgIpc) is 2.99.